The first-order valence-corrected chi connectivity index (χ1v) is 10.5. The van der Waals surface area contributed by atoms with Crippen LogP contribution < -0.4 is 10.6 Å². The summed E-state index contributed by atoms with van der Waals surface area (Å²) in [5.74, 6) is 0.451. The molecule has 152 valence electrons. The van der Waals surface area contributed by atoms with Crippen LogP contribution in [0.2, 0.25) is 0 Å². The third-order valence-corrected chi connectivity index (χ3v) is 6.15. The van der Waals surface area contributed by atoms with E-state index in [0.717, 1.165) is 0 Å². The van der Waals surface area contributed by atoms with Crippen molar-refractivity contribution in [1.29, 1.82) is 0 Å². The number of carbonyl (C=O) groups is 1. The quantitative estimate of drug-likeness (QED) is 0.636. The second-order valence-electron chi connectivity index (χ2n) is 6.75. The molecule has 2 N–H and O–H groups in total. The predicted octanol–water partition coefficient (Wildman–Crippen LogP) is 2.76. The first-order chi connectivity index (χ1) is 13.7. The molecule has 3 aromatic rings. The molecule has 0 atom stereocenters. The molecule has 0 aromatic carbocycles. The molecule has 3 heterocycles. The Morgan fingerprint density at radius 2 is 1.93 bits per heavy atom. The molecule has 10 heteroatoms. The van der Waals surface area contributed by atoms with Gasteiger partial charge < -0.3 is 10.6 Å². The number of nitrogens with one attached hydrogen (secondary N) is 2. The van der Waals surface area contributed by atoms with Gasteiger partial charge in [-0.2, -0.15) is 5.10 Å². The van der Waals surface area contributed by atoms with Crippen LogP contribution in [0.4, 0.5) is 17.3 Å². The lowest BCUT2D eigenvalue weighted by molar-refractivity contribution is -0.114. The van der Waals surface area contributed by atoms with E-state index in [2.05, 4.69) is 25.7 Å². The molecule has 0 saturated carbocycles. The fraction of sp³-hybridized carbons (Fsp3) is 0.263. The van der Waals surface area contributed by atoms with Gasteiger partial charge in [-0.3, -0.25) is 9.48 Å². The Balaban J connectivity index is 2.04. The number of rotatable bonds is 6. The second kappa shape index (κ2) is 8.00. The first kappa shape index (κ1) is 20.5. The lowest BCUT2D eigenvalue weighted by atomic mass is 10.1. The van der Waals surface area contributed by atoms with Crippen LogP contribution in [0.3, 0.4) is 0 Å². The summed E-state index contributed by atoms with van der Waals surface area (Å²) in [7, 11) is -1.71. The fourth-order valence-electron chi connectivity index (χ4n) is 2.59. The number of hydrogen-bond donors (Lipinski definition) is 2. The van der Waals surface area contributed by atoms with Gasteiger partial charge in [-0.05, 0) is 32.0 Å². The van der Waals surface area contributed by atoms with E-state index in [1.54, 1.807) is 56.2 Å². The summed E-state index contributed by atoms with van der Waals surface area (Å²) in [5.41, 5.74) is 1.93. The van der Waals surface area contributed by atoms with Crippen LogP contribution in [0.1, 0.15) is 20.8 Å². The minimum absolute atomic E-state index is 0.00646. The zero-order valence-corrected chi connectivity index (χ0v) is 17.4. The van der Waals surface area contributed by atoms with Crippen LogP contribution in [0.5, 0.6) is 0 Å². The van der Waals surface area contributed by atoms with Gasteiger partial charge in [-0.1, -0.05) is 6.07 Å². The molecule has 3 rings (SSSR count). The van der Waals surface area contributed by atoms with Crippen LogP contribution in [0.25, 0.3) is 11.3 Å². The Morgan fingerprint density at radius 1 is 1.17 bits per heavy atom. The Morgan fingerprint density at radius 3 is 2.55 bits per heavy atom. The molecule has 0 aliphatic rings. The first-order valence-electron chi connectivity index (χ1n) is 8.92. The maximum Gasteiger partial charge on any atom is 0.222 e. The highest BCUT2D eigenvalue weighted by atomic mass is 32.2. The van der Waals surface area contributed by atoms with Gasteiger partial charge >= 0.3 is 0 Å². The maximum atomic E-state index is 12.4. The largest absolute Gasteiger partial charge is 0.339 e. The molecule has 0 saturated heterocycles. The van der Waals surface area contributed by atoms with Crippen molar-refractivity contribution in [2.45, 2.75) is 31.0 Å². The zero-order valence-electron chi connectivity index (χ0n) is 16.5. The Bertz CT molecular complexity index is 1150. The molecular weight excluding hydrogens is 392 g/mol. The SMILES string of the molecule is CC(=O)Nc1cc(Nc2cccc(S(=O)(=O)C(C)C)n2)c(-c2ccn(C)n2)cn1. The molecule has 9 nitrogen and oxygen atoms in total. The molecule has 0 unspecified atom stereocenters. The summed E-state index contributed by atoms with van der Waals surface area (Å²) in [4.78, 5) is 19.9. The van der Waals surface area contributed by atoms with Crippen molar-refractivity contribution in [3.63, 3.8) is 0 Å². The van der Waals surface area contributed by atoms with Gasteiger partial charge in [-0.15, -0.1) is 0 Å². The van der Waals surface area contributed by atoms with Crippen molar-refractivity contribution in [2.75, 3.05) is 10.6 Å². The fourth-order valence-corrected chi connectivity index (χ4v) is 3.57. The van der Waals surface area contributed by atoms with E-state index in [1.165, 1.54) is 13.0 Å². The summed E-state index contributed by atoms with van der Waals surface area (Å²) in [5, 5.41) is 9.56. The van der Waals surface area contributed by atoms with Gasteiger partial charge in [0.05, 0.1) is 16.6 Å². The zero-order chi connectivity index (χ0) is 21.2. The van der Waals surface area contributed by atoms with Crippen LogP contribution in [0, 0.1) is 0 Å². The summed E-state index contributed by atoms with van der Waals surface area (Å²) < 4.78 is 26.5. The van der Waals surface area contributed by atoms with Crippen molar-refractivity contribution in [3.8, 4) is 11.3 Å². The Labute approximate surface area is 169 Å². The number of hydrogen-bond acceptors (Lipinski definition) is 7. The van der Waals surface area contributed by atoms with E-state index in [-0.39, 0.29) is 10.9 Å². The molecular formula is C19H22N6O3S. The third-order valence-electron chi connectivity index (χ3n) is 4.10. The van der Waals surface area contributed by atoms with E-state index in [4.69, 9.17) is 0 Å². The summed E-state index contributed by atoms with van der Waals surface area (Å²) in [6.45, 7) is 4.61. The van der Waals surface area contributed by atoms with Crippen molar-refractivity contribution >= 4 is 33.1 Å². The van der Waals surface area contributed by atoms with E-state index < -0.39 is 15.1 Å². The maximum absolute atomic E-state index is 12.4. The van der Waals surface area contributed by atoms with E-state index >= 15 is 0 Å². The average molecular weight is 414 g/mol. The lowest BCUT2D eigenvalue weighted by Crippen LogP contribution is -2.16. The van der Waals surface area contributed by atoms with E-state index in [1.807, 2.05) is 6.07 Å². The number of carbonyl (C=O) groups excluding carboxylic acids is 1. The molecule has 29 heavy (non-hydrogen) atoms. The lowest BCUT2D eigenvalue weighted by Gasteiger charge is -2.13. The van der Waals surface area contributed by atoms with Crippen LogP contribution >= 0.6 is 0 Å². The number of anilines is 3. The molecule has 0 aliphatic heterocycles. The second-order valence-corrected chi connectivity index (χ2v) is 9.20. The smallest absolute Gasteiger partial charge is 0.222 e. The molecule has 3 aromatic heterocycles. The Hall–Kier alpha value is -3.27. The van der Waals surface area contributed by atoms with Crippen molar-refractivity contribution < 1.29 is 13.2 Å². The van der Waals surface area contributed by atoms with Crippen molar-refractivity contribution in [2.24, 2.45) is 7.05 Å². The number of aryl methyl sites for hydroxylation is 1. The highest BCUT2D eigenvalue weighted by molar-refractivity contribution is 7.91. The Kier molecular flexibility index (Phi) is 5.64. The summed E-state index contributed by atoms with van der Waals surface area (Å²) in [6.07, 6.45) is 3.39. The third kappa shape index (κ3) is 4.60. The van der Waals surface area contributed by atoms with Crippen molar-refractivity contribution in [1.82, 2.24) is 19.7 Å². The highest BCUT2D eigenvalue weighted by Crippen LogP contribution is 2.30. The molecule has 0 bridgehead atoms. The van der Waals surface area contributed by atoms with Crippen LogP contribution in [-0.4, -0.2) is 39.3 Å². The molecule has 1 amide bonds. The topological polar surface area (TPSA) is 119 Å². The van der Waals surface area contributed by atoms with E-state index in [9.17, 15) is 13.2 Å². The number of aromatic nitrogens is 4. The van der Waals surface area contributed by atoms with Crippen LogP contribution in [0.15, 0.2) is 47.8 Å². The number of nitrogens with zero attached hydrogens (tertiary/aromatic N) is 4. The van der Waals surface area contributed by atoms with Gasteiger partial charge in [-0.25, -0.2) is 18.4 Å². The van der Waals surface area contributed by atoms with E-state index in [0.29, 0.717) is 28.6 Å². The van der Waals surface area contributed by atoms with Gasteiger partial charge in [0.25, 0.3) is 0 Å². The van der Waals surface area contributed by atoms with Gasteiger partial charge in [0.1, 0.15) is 11.6 Å². The van der Waals surface area contributed by atoms with Gasteiger partial charge in [0.15, 0.2) is 14.9 Å². The van der Waals surface area contributed by atoms with Gasteiger partial charge in [0, 0.05) is 38.0 Å². The minimum Gasteiger partial charge on any atom is -0.339 e. The highest BCUT2D eigenvalue weighted by Gasteiger charge is 2.21. The molecule has 0 fully saturated rings. The van der Waals surface area contributed by atoms with Gasteiger partial charge in [0.2, 0.25) is 5.91 Å². The minimum atomic E-state index is -3.51. The molecule has 0 radical (unpaired) electrons. The monoisotopic (exact) mass is 414 g/mol. The molecule has 0 spiro atoms. The number of amides is 1. The number of pyridine rings is 2. The summed E-state index contributed by atoms with van der Waals surface area (Å²) >= 11 is 0. The number of sulfone groups is 1. The predicted molar refractivity (Wildman–Crippen MR) is 111 cm³/mol. The molecule has 0 aliphatic carbocycles. The average Bonchev–Trinajstić information content (AvgIpc) is 3.07. The van der Waals surface area contributed by atoms with Crippen LogP contribution in [-0.2, 0) is 21.7 Å². The summed E-state index contributed by atoms with van der Waals surface area (Å²) in [6, 6.07) is 8.24. The standard InChI is InChI=1S/C19H22N6O3S/c1-12(2)29(27,28)19-7-5-6-17(23-19)22-16-10-18(21-13(3)26)20-11-14(16)15-8-9-25(4)24-15/h5-12H,1-4H3,(H2,20,21,22,23,26). The normalized spacial score (nSPS) is 11.5. The van der Waals surface area contributed by atoms with Crippen molar-refractivity contribution in [3.05, 3.63) is 42.7 Å².